The van der Waals surface area contributed by atoms with E-state index in [4.69, 9.17) is 14.9 Å². The summed E-state index contributed by atoms with van der Waals surface area (Å²) in [6.07, 6.45) is 2.60. The Bertz CT molecular complexity index is 485. The zero-order chi connectivity index (χ0) is 15.1. The molecule has 0 radical (unpaired) electrons. The molecule has 0 aliphatic heterocycles. The molecular weight excluding hydrogens is 258 g/mol. The number of carboxylic acid groups (broad SMARTS) is 1. The molecule has 0 bridgehead atoms. The minimum Gasteiger partial charge on any atom is -0.496 e. The van der Waals surface area contributed by atoms with E-state index in [1.54, 1.807) is 7.11 Å². The van der Waals surface area contributed by atoms with Crippen LogP contribution in [0.1, 0.15) is 18.1 Å². The second-order valence-corrected chi connectivity index (χ2v) is 4.69. The quantitative estimate of drug-likeness (QED) is 0.742. The lowest BCUT2D eigenvalue weighted by molar-refractivity contribution is -0.131. The Morgan fingerprint density at radius 2 is 2.20 bits per heavy atom. The van der Waals surface area contributed by atoms with Crippen molar-refractivity contribution in [2.75, 3.05) is 20.8 Å². The summed E-state index contributed by atoms with van der Waals surface area (Å²) in [4.78, 5) is 12.6. The van der Waals surface area contributed by atoms with Crippen molar-refractivity contribution < 1.29 is 19.7 Å². The van der Waals surface area contributed by atoms with E-state index in [0.717, 1.165) is 17.2 Å². The number of aliphatic hydroxyl groups excluding tert-OH is 1. The summed E-state index contributed by atoms with van der Waals surface area (Å²) in [7, 11) is 3.48. The molecule has 0 spiro atoms. The number of ether oxygens (including phenoxy) is 1. The van der Waals surface area contributed by atoms with Crippen molar-refractivity contribution in [2.24, 2.45) is 0 Å². The summed E-state index contributed by atoms with van der Waals surface area (Å²) in [5.41, 5.74) is 1.75. The highest BCUT2D eigenvalue weighted by atomic mass is 16.5. The summed E-state index contributed by atoms with van der Waals surface area (Å²) < 4.78 is 5.21. The number of carbonyl (C=O) groups is 1. The molecule has 0 aliphatic carbocycles. The second kappa shape index (κ2) is 7.67. The van der Waals surface area contributed by atoms with Gasteiger partial charge < -0.3 is 14.9 Å². The molecule has 110 valence electrons. The number of aliphatic hydroxyl groups is 1. The molecule has 0 aromatic heterocycles. The number of methoxy groups -OCH3 is 1. The van der Waals surface area contributed by atoms with Crippen LogP contribution in [0.2, 0.25) is 0 Å². The summed E-state index contributed by atoms with van der Waals surface area (Å²) in [6.45, 7) is 2.70. The molecule has 2 N–H and O–H groups in total. The number of hydrogen-bond donors (Lipinski definition) is 2. The number of benzene rings is 1. The monoisotopic (exact) mass is 279 g/mol. The Morgan fingerprint density at radius 3 is 2.75 bits per heavy atom. The van der Waals surface area contributed by atoms with Crippen molar-refractivity contribution in [3.63, 3.8) is 0 Å². The van der Waals surface area contributed by atoms with E-state index in [9.17, 15) is 4.79 Å². The molecule has 0 fully saturated rings. The Hall–Kier alpha value is -1.85. The third-order valence-electron chi connectivity index (χ3n) is 3.15. The number of rotatable bonds is 7. The molecule has 5 nitrogen and oxygen atoms in total. The first-order chi connectivity index (χ1) is 9.47. The SMILES string of the molecule is COc1ccc(CN(C)C(C)CO)cc1/C=C/C(=O)O. The van der Waals surface area contributed by atoms with Crippen molar-refractivity contribution in [2.45, 2.75) is 19.5 Å². The number of nitrogens with zero attached hydrogens (tertiary/aromatic N) is 1. The number of hydrogen-bond acceptors (Lipinski definition) is 4. The molecule has 0 saturated heterocycles. The van der Waals surface area contributed by atoms with Gasteiger partial charge in [0.2, 0.25) is 0 Å². The first-order valence-electron chi connectivity index (χ1n) is 6.37. The van der Waals surface area contributed by atoms with Gasteiger partial charge in [0.25, 0.3) is 0 Å². The summed E-state index contributed by atoms with van der Waals surface area (Å²) in [5.74, 6) is -0.368. The van der Waals surface area contributed by atoms with E-state index < -0.39 is 5.97 Å². The van der Waals surface area contributed by atoms with Gasteiger partial charge in [-0.1, -0.05) is 6.07 Å². The zero-order valence-electron chi connectivity index (χ0n) is 12.0. The summed E-state index contributed by atoms with van der Waals surface area (Å²) in [5, 5.41) is 17.8. The van der Waals surface area contributed by atoms with Crippen molar-refractivity contribution in [1.82, 2.24) is 4.90 Å². The highest BCUT2D eigenvalue weighted by Crippen LogP contribution is 2.22. The van der Waals surface area contributed by atoms with Crippen LogP contribution < -0.4 is 4.74 Å². The average molecular weight is 279 g/mol. The topological polar surface area (TPSA) is 70.0 Å². The molecule has 0 saturated carbocycles. The van der Waals surface area contributed by atoms with Gasteiger partial charge >= 0.3 is 5.97 Å². The normalized spacial score (nSPS) is 12.8. The molecule has 0 aliphatic rings. The van der Waals surface area contributed by atoms with Gasteiger partial charge in [0.05, 0.1) is 13.7 Å². The zero-order valence-corrected chi connectivity index (χ0v) is 12.0. The van der Waals surface area contributed by atoms with Gasteiger partial charge in [-0.25, -0.2) is 4.79 Å². The van der Waals surface area contributed by atoms with E-state index in [-0.39, 0.29) is 12.6 Å². The van der Waals surface area contributed by atoms with Crippen molar-refractivity contribution >= 4 is 12.0 Å². The molecule has 1 unspecified atom stereocenters. The predicted molar refractivity (Wildman–Crippen MR) is 77.7 cm³/mol. The number of carboxylic acids is 1. The molecule has 1 rings (SSSR count). The first-order valence-corrected chi connectivity index (χ1v) is 6.37. The second-order valence-electron chi connectivity index (χ2n) is 4.69. The maximum absolute atomic E-state index is 10.6. The maximum atomic E-state index is 10.6. The van der Waals surface area contributed by atoms with Crippen LogP contribution in [-0.4, -0.2) is 47.9 Å². The third-order valence-corrected chi connectivity index (χ3v) is 3.15. The Kier molecular flexibility index (Phi) is 6.21. The highest BCUT2D eigenvalue weighted by molar-refractivity contribution is 5.85. The van der Waals surface area contributed by atoms with Crippen LogP contribution in [0.5, 0.6) is 5.75 Å². The van der Waals surface area contributed by atoms with Gasteiger partial charge in [-0.15, -0.1) is 0 Å². The van der Waals surface area contributed by atoms with Gasteiger partial charge in [0.1, 0.15) is 5.75 Å². The van der Waals surface area contributed by atoms with E-state index in [1.165, 1.54) is 6.08 Å². The summed E-state index contributed by atoms with van der Waals surface area (Å²) in [6, 6.07) is 5.69. The Morgan fingerprint density at radius 1 is 1.50 bits per heavy atom. The van der Waals surface area contributed by atoms with E-state index >= 15 is 0 Å². The lowest BCUT2D eigenvalue weighted by atomic mass is 10.1. The fourth-order valence-electron chi connectivity index (χ4n) is 1.76. The van der Waals surface area contributed by atoms with Crippen LogP contribution >= 0.6 is 0 Å². The third kappa shape index (κ3) is 4.68. The van der Waals surface area contributed by atoms with E-state index in [2.05, 4.69) is 0 Å². The molecule has 5 heteroatoms. The van der Waals surface area contributed by atoms with Gasteiger partial charge in [0, 0.05) is 24.2 Å². The van der Waals surface area contributed by atoms with Crippen LogP contribution in [0.3, 0.4) is 0 Å². The average Bonchev–Trinajstić information content (AvgIpc) is 2.44. The standard InChI is InChI=1S/C15H21NO4/c1-11(10-17)16(2)9-12-4-6-14(20-3)13(8-12)5-7-15(18)19/h4-8,11,17H,9-10H2,1-3H3,(H,18,19)/b7-5+. The highest BCUT2D eigenvalue weighted by Gasteiger charge is 2.09. The smallest absolute Gasteiger partial charge is 0.328 e. The van der Waals surface area contributed by atoms with Crippen molar-refractivity contribution in [3.8, 4) is 5.75 Å². The largest absolute Gasteiger partial charge is 0.496 e. The van der Waals surface area contributed by atoms with Crippen molar-refractivity contribution in [3.05, 3.63) is 35.4 Å². The van der Waals surface area contributed by atoms with E-state index in [1.807, 2.05) is 37.1 Å². The van der Waals surface area contributed by atoms with Crippen LogP contribution in [0.4, 0.5) is 0 Å². The maximum Gasteiger partial charge on any atom is 0.328 e. The Balaban J connectivity index is 2.94. The van der Waals surface area contributed by atoms with Crippen molar-refractivity contribution in [1.29, 1.82) is 0 Å². The van der Waals surface area contributed by atoms with Gasteiger partial charge in [-0.05, 0) is 37.7 Å². The van der Waals surface area contributed by atoms with Crippen LogP contribution in [0.15, 0.2) is 24.3 Å². The molecule has 0 amide bonds. The molecule has 0 heterocycles. The Labute approximate surface area is 119 Å². The molecule has 1 atom stereocenters. The lowest BCUT2D eigenvalue weighted by Crippen LogP contribution is -2.31. The van der Waals surface area contributed by atoms with Crippen LogP contribution in [-0.2, 0) is 11.3 Å². The molecule has 1 aromatic carbocycles. The first kappa shape index (κ1) is 16.2. The summed E-state index contributed by atoms with van der Waals surface area (Å²) >= 11 is 0. The number of likely N-dealkylation sites (N-methyl/N-ethyl adjacent to an activating group) is 1. The van der Waals surface area contributed by atoms with Crippen LogP contribution in [0, 0.1) is 0 Å². The van der Waals surface area contributed by atoms with Gasteiger partial charge in [0.15, 0.2) is 0 Å². The fraction of sp³-hybridized carbons (Fsp3) is 0.400. The minimum absolute atomic E-state index is 0.0649. The van der Waals surface area contributed by atoms with Gasteiger partial charge in [-0.2, -0.15) is 0 Å². The molecular formula is C15H21NO4. The number of aliphatic carboxylic acids is 1. The minimum atomic E-state index is -0.997. The molecule has 20 heavy (non-hydrogen) atoms. The fourth-order valence-corrected chi connectivity index (χ4v) is 1.76. The van der Waals surface area contributed by atoms with Crippen LogP contribution in [0.25, 0.3) is 6.08 Å². The predicted octanol–water partition coefficient (Wildman–Crippen LogP) is 1.61. The molecule has 1 aromatic rings. The lowest BCUT2D eigenvalue weighted by Gasteiger charge is -2.23. The van der Waals surface area contributed by atoms with E-state index in [0.29, 0.717) is 12.3 Å². The van der Waals surface area contributed by atoms with Gasteiger partial charge in [-0.3, -0.25) is 4.90 Å².